The fourth-order valence-electron chi connectivity index (χ4n) is 1.62. The molecule has 19 heavy (non-hydrogen) atoms. The lowest BCUT2D eigenvalue weighted by Gasteiger charge is -2.11. The minimum absolute atomic E-state index is 0.418. The van der Waals surface area contributed by atoms with Crippen LogP contribution in [0.25, 0.3) is 11.5 Å². The van der Waals surface area contributed by atoms with Crippen LogP contribution < -0.4 is 5.32 Å². The van der Waals surface area contributed by atoms with Crippen LogP contribution >= 0.6 is 15.9 Å². The second kappa shape index (κ2) is 6.58. The van der Waals surface area contributed by atoms with E-state index in [2.05, 4.69) is 36.2 Å². The molecule has 0 aromatic carbocycles. The Morgan fingerprint density at radius 3 is 2.79 bits per heavy atom. The van der Waals surface area contributed by atoms with Gasteiger partial charge in [-0.25, -0.2) is 9.97 Å². The Labute approximate surface area is 120 Å². The average molecular weight is 323 g/mol. The SMILES string of the molecule is CCNc1nc(-c2ccccn2)nc(COC)c1Br. The van der Waals surface area contributed by atoms with Crippen molar-refractivity contribution in [3.8, 4) is 11.5 Å². The second-order valence-electron chi connectivity index (χ2n) is 3.83. The molecule has 0 saturated carbocycles. The number of anilines is 1. The molecule has 0 aliphatic carbocycles. The topological polar surface area (TPSA) is 59.9 Å². The summed E-state index contributed by atoms with van der Waals surface area (Å²) in [7, 11) is 1.64. The van der Waals surface area contributed by atoms with E-state index in [1.54, 1.807) is 13.3 Å². The number of aromatic nitrogens is 3. The maximum Gasteiger partial charge on any atom is 0.180 e. The molecule has 0 unspecified atom stereocenters. The van der Waals surface area contributed by atoms with Crippen LogP contribution in [0.2, 0.25) is 0 Å². The monoisotopic (exact) mass is 322 g/mol. The Morgan fingerprint density at radius 1 is 1.32 bits per heavy atom. The van der Waals surface area contributed by atoms with Crippen LogP contribution in [0.1, 0.15) is 12.6 Å². The van der Waals surface area contributed by atoms with Crippen molar-refractivity contribution >= 4 is 21.7 Å². The zero-order valence-corrected chi connectivity index (χ0v) is 12.4. The van der Waals surface area contributed by atoms with Crippen molar-refractivity contribution in [3.63, 3.8) is 0 Å². The van der Waals surface area contributed by atoms with Crippen molar-refractivity contribution in [1.29, 1.82) is 0 Å². The van der Waals surface area contributed by atoms with Crippen molar-refractivity contribution in [2.24, 2.45) is 0 Å². The summed E-state index contributed by atoms with van der Waals surface area (Å²) in [5, 5.41) is 3.20. The van der Waals surface area contributed by atoms with Crippen molar-refractivity contribution in [3.05, 3.63) is 34.6 Å². The van der Waals surface area contributed by atoms with Crippen LogP contribution in [-0.4, -0.2) is 28.6 Å². The highest BCUT2D eigenvalue weighted by Crippen LogP contribution is 2.26. The van der Waals surface area contributed by atoms with Gasteiger partial charge < -0.3 is 10.1 Å². The van der Waals surface area contributed by atoms with Gasteiger partial charge in [0, 0.05) is 19.9 Å². The maximum absolute atomic E-state index is 5.16. The first-order chi connectivity index (χ1) is 9.26. The molecule has 0 radical (unpaired) electrons. The molecule has 0 fully saturated rings. The number of hydrogen-bond acceptors (Lipinski definition) is 5. The predicted molar refractivity (Wildman–Crippen MR) is 77.8 cm³/mol. The van der Waals surface area contributed by atoms with Crippen molar-refractivity contribution in [1.82, 2.24) is 15.0 Å². The van der Waals surface area contributed by atoms with E-state index in [-0.39, 0.29) is 0 Å². The summed E-state index contributed by atoms with van der Waals surface area (Å²) in [5.41, 5.74) is 1.54. The van der Waals surface area contributed by atoms with Gasteiger partial charge in [-0.05, 0) is 35.0 Å². The standard InChI is InChI=1S/C13H15BrN4O/c1-3-15-13-11(14)10(8-19-2)17-12(18-13)9-6-4-5-7-16-9/h4-7H,3,8H2,1-2H3,(H,15,17,18). The summed E-state index contributed by atoms with van der Waals surface area (Å²) in [6.07, 6.45) is 1.73. The molecule has 0 aliphatic heterocycles. The minimum Gasteiger partial charge on any atom is -0.378 e. The summed E-state index contributed by atoms with van der Waals surface area (Å²) < 4.78 is 5.99. The fraction of sp³-hybridized carbons (Fsp3) is 0.308. The van der Waals surface area contributed by atoms with Gasteiger partial charge in [0.2, 0.25) is 0 Å². The first-order valence-electron chi connectivity index (χ1n) is 5.97. The van der Waals surface area contributed by atoms with Crippen LogP contribution in [0.4, 0.5) is 5.82 Å². The van der Waals surface area contributed by atoms with Gasteiger partial charge in [0.25, 0.3) is 0 Å². The number of halogens is 1. The summed E-state index contributed by atoms with van der Waals surface area (Å²) in [5.74, 6) is 1.34. The van der Waals surface area contributed by atoms with E-state index in [9.17, 15) is 0 Å². The molecular weight excluding hydrogens is 308 g/mol. The van der Waals surface area contributed by atoms with Crippen LogP contribution in [-0.2, 0) is 11.3 Å². The summed E-state index contributed by atoms with van der Waals surface area (Å²) in [6, 6.07) is 5.66. The highest BCUT2D eigenvalue weighted by Gasteiger charge is 2.13. The molecule has 0 spiro atoms. The van der Waals surface area contributed by atoms with Crippen molar-refractivity contribution in [2.75, 3.05) is 19.0 Å². The Morgan fingerprint density at radius 2 is 2.16 bits per heavy atom. The number of rotatable bonds is 5. The summed E-state index contributed by atoms with van der Waals surface area (Å²) in [4.78, 5) is 13.2. The molecule has 2 aromatic heterocycles. The minimum atomic E-state index is 0.418. The fourth-order valence-corrected chi connectivity index (χ4v) is 2.05. The molecule has 100 valence electrons. The average Bonchev–Trinajstić information content (AvgIpc) is 2.44. The lowest BCUT2D eigenvalue weighted by Crippen LogP contribution is -2.07. The largest absolute Gasteiger partial charge is 0.378 e. The van der Waals surface area contributed by atoms with E-state index in [0.29, 0.717) is 12.4 Å². The van der Waals surface area contributed by atoms with Gasteiger partial charge in [-0.3, -0.25) is 4.98 Å². The van der Waals surface area contributed by atoms with Gasteiger partial charge in [0.15, 0.2) is 5.82 Å². The Bertz CT molecular complexity index is 521. The molecule has 5 nitrogen and oxygen atoms in total. The zero-order valence-electron chi connectivity index (χ0n) is 10.9. The lowest BCUT2D eigenvalue weighted by atomic mass is 10.3. The zero-order chi connectivity index (χ0) is 13.7. The van der Waals surface area contributed by atoms with E-state index in [0.717, 1.165) is 28.2 Å². The molecule has 2 aromatic rings. The molecule has 0 amide bonds. The molecule has 1 N–H and O–H groups in total. The lowest BCUT2D eigenvalue weighted by molar-refractivity contribution is 0.181. The number of nitrogens with zero attached hydrogens (tertiary/aromatic N) is 3. The van der Waals surface area contributed by atoms with Crippen molar-refractivity contribution in [2.45, 2.75) is 13.5 Å². The number of ether oxygens (including phenoxy) is 1. The van der Waals surface area contributed by atoms with Gasteiger partial charge in [-0.2, -0.15) is 0 Å². The smallest absolute Gasteiger partial charge is 0.180 e. The third-order valence-electron chi connectivity index (χ3n) is 2.44. The van der Waals surface area contributed by atoms with E-state index in [1.807, 2.05) is 25.1 Å². The number of hydrogen-bond donors (Lipinski definition) is 1. The highest BCUT2D eigenvalue weighted by molar-refractivity contribution is 9.10. The molecule has 2 heterocycles. The molecule has 2 rings (SSSR count). The van der Waals surface area contributed by atoms with Gasteiger partial charge in [-0.15, -0.1) is 0 Å². The van der Waals surface area contributed by atoms with Crippen LogP contribution in [0.3, 0.4) is 0 Å². The molecule has 0 bridgehead atoms. The normalized spacial score (nSPS) is 10.5. The molecule has 6 heteroatoms. The third-order valence-corrected chi connectivity index (χ3v) is 3.27. The predicted octanol–water partition coefficient (Wildman–Crippen LogP) is 2.88. The van der Waals surface area contributed by atoms with Crippen LogP contribution in [0.5, 0.6) is 0 Å². The van der Waals surface area contributed by atoms with Crippen molar-refractivity contribution < 1.29 is 4.74 Å². The first kappa shape index (κ1) is 13.9. The van der Waals surface area contributed by atoms with E-state index in [4.69, 9.17) is 4.74 Å². The number of nitrogens with one attached hydrogen (secondary N) is 1. The number of pyridine rings is 1. The third kappa shape index (κ3) is 3.27. The molecule has 0 aliphatic rings. The number of methoxy groups -OCH3 is 1. The Hall–Kier alpha value is -1.53. The quantitative estimate of drug-likeness (QED) is 0.917. The molecular formula is C13H15BrN4O. The summed E-state index contributed by atoms with van der Waals surface area (Å²) >= 11 is 3.50. The van der Waals surface area contributed by atoms with Gasteiger partial charge in [0.1, 0.15) is 11.5 Å². The Kier molecular flexibility index (Phi) is 4.81. The molecule has 0 atom stereocenters. The van der Waals surface area contributed by atoms with E-state index < -0.39 is 0 Å². The van der Waals surface area contributed by atoms with E-state index >= 15 is 0 Å². The first-order valence-corrected chi connectivity index (χ1v) is 6.76. The van der Waals surface area contributed by atoms with Gasteiger partial charge in [-0.1, -0.05) is 6.07 Å². The molecule has 0 saturated heterocycles. The van der Waals surface area contributed by atoms with Crippen LogP contribution in [0, 0.1) is 0 Å². The Balaban J connectivity index is 2.49. The second-order valence-corrected chi connectivity index (χ2v) is 4.63. The highest BCUT2D eigenvalue weighted by atomic mass is 79.9. The van der Waals surface area contributed by atoms with Gasteiger partial charge >= 0.3 is 0 Å². The van der Waals surface area contributed by atoms with Crippen LogP contribution in [0.15, 0.2) is 28.9 Å². The van der Waals surface area contributed by atoms with E-state index in [1.165, 1.54) is 0 Å². The summed E-state index contributed by atoms with van der Waals surface area (Å²) in [6.45, 7) is 3.22. The maximum atomic E-state index is 5.16. The van der Waals surface area contributed by atoms with Gasteiger partial charge in [0.05, 0.1) is 16.8 Å².